The van der Waals surface area contributed by atoms with Crippen molar-refractivity contribution in [3.63, 3.8) is 0 Å². The summed E-state index contributed by atoms with van der Waals surface area (Å²) in [6.07, 6.45) is 0.254. The summed E-state index contributed by atoms with van der Waals surface area (Å²) in [5, 5.41) is 2.84. The van der Waals surface area contributed by atoms with Crippen LogP contribution in [0.3, 0.4) is 0 Å². The molecule has 2 amide bonds. The predicted octanol–water partition coefficient (Wildman–Crippen LogP) is 1.93. The number of amides is 2. The molecule has 0 saturated carbocycles. The molecule has 0 radical (unpaired) electrons. The molecule has 1 aromatic rings. The summed E-state index contributed by atoms with van der Waals surface area (Å²) in [7, 11) is 0. The minimum absolute atomic E-state index is 0. The van der Waals surface area contributed by atoms with E-state index in [4.69, 9.17) is 5.73 Å². The summed E-state index contributed by atoms with van der Waals surface area (Å²) in [5.74, 6) is -0.407. The molecule has 6 heteroatoms. The molecule has 5 nitrogen and oxygen atoms in total. The molecule has 1 saturated heterocycles. The molecule has 1 heterocycles. The van der Waals surface area contributed by atoms with Crippen LogP contribution in [0, 0.1) is 19.8 Å². The lowest BCUT2D eigenvalue weighted by Crippen LogP contribution is -2.46. The SMILES string of the molecule is Cc1cccc(N2CC(C(=O)NCC(C)(C)N)CC2=O)c1C.Cl. The van der Waals surface area contributed by atoms with Crippen molar-refractivity contribution < 1.29 is 9.59 Å². The van der Waals surface area contributed by atoms with E-state index in [0.717, 1.165) is 16.8 Å². The fourth-order valence-electron chi connectivity index (χ4n) is 2.60. The van der Waals surface area contributed by atoms with E-state index in [1.807, 2.05) is 45.9 Å². The second-order valence-electron chi connectivity index (χ2n) is 6.83. The van der Waals surface area contributed by atoms with Gasteiger partial charge in [-0.1, -0.05) is 12.1 Å². The highest BCUT2D eigenvalue weighted by Gasteiger charge is 2.35. The molecular weight excluding hydrogens is 314 g/mol. The van der Waals surface area contributed by atoms with Crippen LogP contribution < -0.4 is 16.0 Å². The molecule has 0 aromatic heterocycles. The second kappa shape index (κ2) is 7.32. The lowest BCUT2D eigenvalue weighted by atomic mass is 10.1. The number of benzene rings is 1. The van der Waals surface area contributed by atoms with E-state index in [-0.39, 0.29) is 36.6 Å². The topological polar surface area (TPSA) is 75.4 Å². The highest BCUT2D eigenvalue weighted by Crippen LogP contribution is 2.29. The number of nitrogens with zero attached hydrogens (tertiary/aromatic N) is 1. The average molecular weight is 340 g/mol. The fraction of sp³-hybridized carbons (Fsp3) is 0.529. The first-order valence-electron chi connectivity index (χ1n) is 7.62. The number of carbonyl (C=O) groups is 2. The van der Waals surface area contributed by atoms with E-state index in [1.54, 1.807) is 4.90 Å². The van der Waals surface area contributed by atoms with Crippen LogP contribution in [-0.2, 0) is 9.59 Å². The first-order chi connectivity index (χ1) is 10.2. The van der Waals surface area contributed by atoms with Gasteiger partial charge in [-0.15, -0.1) is 12.4 Å². The summed E-state index contributed by atoms with van der Waals surface area (Å²) in [6, 6.07) is 5.89. The van der Waals surface area contributed by atoms with Gasteiger partial charge in [0.1, 0.15) is 0 Å². The lowest BCUT2D eigenvalue weighted by molar-refractivity contribution is -0.126. The van der Waals surface area contributed by atoms with Gasteiger partial charge in [0.15, 0.2) is 0 Å². The van der Waals surface area contributed by atoms with E-state index in [9.17, 15) is 9.59 Å². The minimum atomic E-state index is -0.453. The van der Waals surface area contributed by atoms with Gasteiger partial charge in [0.2, 0.25) is 11.8 Å². The number of anilines is 1. The van der Waals surface area contributed by atoms with Crippen molar-refractivity contribution in [3.8, 4) is 0 Å². The number of hydrogen-bond acceptors (Lipinski definition) is 3. The maximum atomic E-state index is 12.3. The first kappa shape index (κ1) is 19.5. The predicted molar refractivity (Wildman–Crippen MR) is 94.9 cm³/mol. The van der Waals surface area contributed by atoms with Crippen molar-refractivity contribution in [1.82, 2.24) is 5.32 Å². The largest absolute Gasteiger partial charge is 0.354 e. The summed E-state index contributed by atoms with van der Waals surface area (Å²) >= 11 is 0. The zero-order valence-corrected chi connectivity index (χ0v) is 15.0. The number of hydrogen-bond donors (Lipinski definition) is 2. The van der Waals surface area contributed by atoms with Crippen molar-refractivity contribution >= 4 is 29.9 Å². The average Bonchev–Trinajstić information content (AvgIpc) is 2.80. The van der Waals surface area contributed by atoms with Gasteiger partial charge < -0.3 is 16.0 Å². The molecule has 0 aliphatic carbocycles. The van der Waals surface area contributed by atoms with E-state index in [1.165, 1.54) is 0 Å². The van der Waals surface area contributed by atoms with Gasteiger partial charge in [0.05, 0.1) is 5.92 Å². The zero-order valence-electron chi connectivity index (χ0n) is 14.2. The molecule has 2 rings (SSSR count). The molecule has 3 N–H and O–H groups in total. The number of carbonyl (C=O) groups excluding carboxylic acids is 2. The third-order valence-electron chi connectivity index (χ3n) is 4.08. The van der Waals surface area contributed by atoms with Crippen LogP contribution in [0.25, 0.3) is 0 Å². The van der Waals surface area contributed by atoms with Gasteiger partial charge in [-0.3, -0.25) is 9.59 Å². The third kappa shape index (κ3) is 4.69. The Morgan fingerprint density at radius 2 is 2.04 bits per heavy atom. The van der Waals surface area contributed by atoms with Crippen LogP contribution in [0.1, 0.15) is 31.4 Å². The van der Waals surface area contributed by atoms with Crippen molar-refractivity contribution in [2.24, 2.45) is 11.7 Å². The molecule has 128 valence electrons. The maximum absolute atomic E-state index is 12.3. The molecule has 1 unspecified atom stereocenters. The van der Waals surface area contributed by atoms with Gasteiger partial charge in [0.25, 0.3) is 0 Å². The molecule has 1 aliphatic rings. The molecule has 1 aliphatic heterocycles. The lowest BCUT2D eigenvalue weighted by Gasteiger charge is -2.22. The smallest absolute Gasteiger partial charge is 0.227 e. The fourth-order valence-corrected chi connectivity index (χ4v) is 2.60. The van der Waals surface area contributed by atoms with Crippen molar-refractivity contribution in [2.75, 3.05) is 18.0 Å². The second-order valence-corrected chi connectivity index (χ2v) is 6.83. The normalized spacial score (nSPS) is 17.9. The van der Waals surface area contributed by atoms with E-state index >= 15 is 0 Å². The Hall–Kier alpha value is -1.59. The van der Waals surface area contributed by atoms with Crippen LogP contribution >= 0.6 is 12.4 Å². The van der Waals surface area contributed by atoms with Crippen LogP contribution in [0.2, 0.25) is 0 Å². The van der Waals surface area contributed by atoms with E-state index < -0.39 is 5.54 Å². The number of nitrogens with one attached hydrogen (secondary N) is 1. The van der Waals surface area contributed by atoms with Gasteiger partial charge in [-0.2, -0.15) is 0 Å². The van der Waals surface area contributed by atoms with Gasteiger partial charge >= 0.3 is 0 Å². The Morgan fingerprint density at radius 1 is 1.39 bits per heavy atom. The Balaban J connectivity index is 0.00000264. The highest BCUT2D eigenvalue weighted by atomic mass is 35.5. The summed E-state index contributed by atoms with van der Waals surface area (Å²) in [4.78, 5) is 26.2. The molecule has 23 heavy (non-hydrogen) atoms. The minimum Gasteiger partial charge on any atom is -0.354 e. The number of halogens is 1. The van der Waals surface area contributed by atoms with Crippen LogP contribution in [-0.4, -0.2) is 30.4 Å². The maximum Gasteiger partial charge on any atom is 0.227 e. The van der Waals surface area contributed by atoms with Crippen LogP contribution in [0.5, 0.6) is 0 Å². The molecule has 1 aromatic carbocycles. The standard InChI is InChI=1S/C17H25N3O2.ClH/c1-11-6-5-7-14(12(11)2)20-9-13(8-15(20)21)16(22)19-10-17(3,4)18;/h5-7,13H,8-10,18H2,1-4H3,(H,19,22);1H. The Morgan fingerprint density at radius 3 is 2.65 bits per heavy atom. The highest BCUT2D eigenvalue weighted by molar-refractivity contribution is 6.00. The van der Waals surface area contributed by atoms with Gasteiger partial charge in [-0.25, -0.2) is 0 Å². The Bertz CT molecular complexity index is 596. The zero-order chi connectivity index (χ0) is 16.5. The quantitative estimate of drug-likeness (QED) is 0.880. The molecular formula is C17H26ClN3O2. The van der Waals surface area contributed by atoms with Gasteiger partial charge in [-0.05, 0) is 44.9 Å². The molecule has 0 bridgehead atoms. The van der Waals surface area contributed by atoms with Crippen LogP contribution in [0.15, 0.2) is 18.2 Å². The first-order valence-corrected chi connectivity index (χ1v) is 7.62. The number of rotatable bonds is 4. The van der Waals surface area contributed by atoms with E-state index in [0.29, 0.717) is 13.1 Å². The third-order valence-corrected chi connectivity index (χ3v) is 4.08. The summed E-state index contributed by atoms with van der Waals surface area (Å²) < 4.78 is 0. The van der Waals surface area contributed by atoms with Crippen molar-refractivity contribution in [2.45, 2.75) is 39.7 Å². The van der Waals surface area contributed by atoms with Crippen molar-refractivity contribution in [1.29, 1.82) is 0 Å². The molecule has 1 fully saturated rings. The number of nitrogens with two attached hydrogens (primary N) is 1. The van der Waals surface area contributed by atoms with E-state index in [2.05, 4.69) is 5.32 Å². The summed E-state index contributed by atoms with van der Waals surface area (Å²) in [5.41, 5.74) is 8.55. The monoisotopic (exact) mass is 339 g/mol. The summed E-state index contributed by atoms with van der Waals surface area (Å²) in [6.45, 7) is 8.57. The van der Waals surface area contributed by atoms with Gasteiger partial charge in [0, 0.05) is 30.7 Å². The molecule has 1 atom stereocenters. The molecule has 0 spiro atoms. The van der Waals surface area contributed by atoms with Crippen LogP contribution in [0.4, 0.5) is 5.69 Å². The Kier molecular flexibility index (Phi) is 6.19. The Labute approximate surface area is 144 Å². The van der Waals surface area contributed by atoms with Crippen molar-refractivity contribution in [3.05, 3.63) is 29.3 Å². The number of aryl methyl sites for hydroxylation is 1.